The standard InChI is InChI=1S/C14H20O3/c1-4-6-13(14(15)16)17-12-8-5-7-11(9-12)10(2)3/h5,7-10,13H,4,6H2,1-3H3,(H,15,16). The first kappa shape index (κ1) is 13.6. The smallest absolute Gasteiger partial charge is 0.344 e. The van der Waals surface area contributed by atoms with E-state index in [2.05, 4.69) is 13.8 Å². The molecule has 0 fully saturated rings. The van der Waals surface area contributed by atoms with E-state index in [1.165, 1.54) is 0 Å². The highest BCUT2D eigenvalue weighted by Gasteiger charge is 2.18. The van der Waals surface area contributed by atoms with Crippen molar-refractivity contribution in [3.8, 4) is 5.75 Å². The molecule has 94 valence electrons. The molecular formula is C14H20O3. The van der Waals surface area contributed by atoms with E-state index >= 15 is 0 Å². The summed E-state index contributed by atoms with van der Waals surface area (Å²) in [4.78, 5) is 11.0. The average Bonchev–Trinajstić information content (AvgIpc) is 2.28. The molecule has 1 rings (SSSR count). The van der Waals surface area contributed by atoms with E-state index in [-0.39, 0.29) is 0 Å². The van der Waals surface area contributed by atoms with Crippen LogP contribution in [0.5, 0.6) is 5.75 Å². The van der Waals surface area contributed by atoms with Crippen LogP contribution in [0.1, 0.15) is 45.1 Å². The Labute approximate surface area is 102 Å². The molecule has 3 heteroatoms. The molecule has 1 unspecified atom stereocenters. The molecule has 0 saturated heterocycles. The minimum Gasteiger partial charge on any atom is -0.479 e. The summed E-state index contributed by atoms with van der Waals surface area (Å²) >= 11 is 0. The first-order valence-electron chi connectivity index (χ1n) is 6.04. The van der Waals surface area contributed by atoms with Gasteiger partial charge in [0.15, 0.2) is 6.10 Å². The summed E-state index contributed by atoms with van der Waals surface area (Å²) in [7, 11) is 0. The number of carbonyl (C=O) groups is 1. The van der Waals surface area contributed by atoms with Crippen molar-refractivity contribution in [2.45, 2.75) is 45.6 Å². The minimum absolute atomic E-state index is 0.410. The predicted octanol–water partition coefficient (Wildman–Crippen LogP) is 3.44. The van der Waals surface area contributed by atoms with Crippen molar-refractivity contribution in [2.24, 2.45) is 0 Å². The molecule has 0 spiro atoms. The molecule has 0 amide bonds. The van der Waals surface area contributed by atoms with Crippen LogP contribution in [0.15, 0.2) is 24.3 Å². The van der Waals surface area contributed by atoms with Crippen molar-refractivity contribution in [1.82, 2.24) is 0 Å². The fourth-order valence-corrected chi connectivity index (χ4v) is 1.61. The van der Waals surface area contributed by atoms with Gasteiger partial charge in [0.1, 0.15) is 5.75 Å². The van der Waals surface area contributed by atoms with E-state index in [1.807, 2.05) is 25.1 Å². The van der Waals surface area contributed by atoms with Crippen LogP contribution < -0.4 is 4.74 Å². The van der Waals surface area contributed by atoms with Gasteiger partial charge in [0.25, 0.3) is 0 Å². The summed E-state index contributed by atoms with van der Waals surface area (Å²) in [5, 5.41) is 9.02. The van der Waals surface area contributed by atoms with Crippen molar-refractivity contribution in [2.75, 3.05) is 0 Å². The lowest BCUT2D eigenvalue weighted by Gasteiger charge is -2.15. The van der Waals surface area contributed by atoms with E-state index in [0.29, 0.717) is 18.1 Å². The number of hydrogen-bond acceptors (Lipinski definition) is 2. The van der Waals surface area contributed by atoms with Gasteiger partial charge in [0.05, 0.1) is 0 Å². The van der Waals surface area contributed by atoms with Crippen LogP contribution >= 0.6 is 0 Å². The van der Waals surface area contributed by atoms with Gasteiger partial charge in [-0.3, -0.25) is 0 Å². The average molecular weight is 236 g/mol. The van der Waals surface area contributed by atoms with Crippen molar-refractivity contribution in [3.05, 3.63) is 29.8 Å². The number of hydrogen-bond donors (Lipinski definition) is 1. The molecule has 1 atom stereocenters. The number of aliphatic carboxylic acids is 1. The molecule has 0 aliphatic carbocycles. The maximum atomic E-state index is 11.0. The molecule has 0 radical (unpaired) electrons. The molecule has 3 nitrogen and oxygen atoms in total. The summed E-state index contributed by atoms with van der Waals surface area (Å²) < 4.78 is 5.51. The monoisotopic (exact) mass is 236 g/mol. The Hall–Kier alpha value is -1.51. The third kappa shape index (κ3) is 4.10. The number of carboxylic acid groups (broad SMARTS) is 1. The van der Waals surface area contributed by atoms with E-state index in [4.69, 9.17) is 9.84 Å². The Balaban J connectivity index is 2.78. The van der Waals surface area contributed by atoms with Gasteiger partial charge in [0, 0.05) is 0 Å². The van der Waals surface area contributed by atoms with Crippen LogP contribution in [0, 0.1) is 0 Å². The molecule has 0 aromatic heterocycles. The Bertz CT molecular complexity index is 371. The molecule has 1 N–H and O–H groups in total. The minimum atomic E-state index is -0.901. The molecule has 17 heavy (non-hydrogen) atoms. The summed E-state index contributed by atoms with van der Waals surface area (Å²) in [6, 6.07) is 7.64. The lowest BCUT2D eigenvalue weighted by atomic mass is 10.0. The molecule has 1 aromatic rings. The number of rotatable bonds is 6. The Kier molecular flexibility index (Phi) is 5.01. The number of carboxylic acids is 1. The molecule has 0 aliphatic rings. The Morgan fingerprint density at radius 3 is 2.65 bits per heavy atom. The van der Waals surface area contributed by atoms with Gasteiger partial charge in [-0.2, -0.15) is 0 Å². The second-order valence-corrected chi connectivity index (χ2v) is 4.46. The predicted molar refractivity (Wildman–Crippen MR) is 67.5 cm³/mol. The fourth-order valence-electron chi connectivity index (χ4n) is 1.61. The maximum absolute atomic E-state index is 11.0. The highest BCUT2D eigenvalue weighted by molar-refractivity contribution is 5.72. The highest BCUT2D eigenvalue weighted by Crippen LogP contribution is 2.21. The first-order chi connectivity index (χ1) is 8.04. The fraction of sp³-hybridized carbons (Fsp3) is 0.500. The Morgan fingerprint density at radius 1 is 1.41 bits per heavy atom. The number of benzene rings is 1. The summed E-state index contributed by atoms with van der Waals surface area (Å²) in [5.41, 5.74) is 1.16. The molecular weight excluding hydrogens is 216 g/mol. The lowest BCUT2D eigenvalue weighted by molar-refractivity contribution is -0.145. The van der Waals surface area contributed by atoms with Crippen LogP contribution in [0.4, 0.5) is 0 Å². The van der Waals surface area contributed by atoms with E-state index < -0.39 is 12.1 Å². The number of ether oxygens (including phenoxy) is 1. The molecule has 0 saturated carbocycles. The molecule has 0 heterocycles. The van der Waals surface area contributed by atoms with Crippen molar-refractivity contribution >= 4 is 5.97 Å². The third-order valence-corrected chi connectivity index (χ3v) is 2.63. The zero-order valence-corrected chi connectivity index (χ0v) is 10.6. The van der Waals surface area contributed by atoms with Crippen LogP contribution in [-0.4, -0.2) is 17.2 Å². The van der Waals surface area contributed by atoms with E-state index in [1.54, 1.807) is 6.07 Å². The summed E-state index contributed by atoms with van der Waals surface area (Å²) in [6.07, 6.45) is 0.574. The van der Waals surface area contributed by atoms with Crippen molar-refractivity contribution in [1.29, 1.82) is 0 Å². The van der Waals surface area contributed by atoms with Crippen molar-refractivity contribution in [3.63, 3.8) is 0 Å². The van der Waals surface area contributed by atoms with Crippen LogP contribution in [0.25, 0.3) is 0 Å². The van der Waals surface area contributed by atoms with Gasteiger partial charge in [-0.05, 0) is 30.0 Å². The third-order valence-electron chi connectivity index (χ3n) is 2.63. The lowest BCUT2D eigenvalue weighted by Crippen LogP contribution is -2.26. The molecule has 0 bridgehead atoms. The normalized spacial score (nSPS) is 12.5. The molecule has 0 aliphatic heterocycles. The summed E-state index contributed by atoms with van der Waals surface area (Å²) in [6.45, 7) is 6.14. The SMILES string of the molecule is CCCC(Oc1cccc(C(C)C)c1)C(=O)O. The van der Waals surface area contributed by atoms with Gasteiger partial charge >= 0.3 is 5.97 Å². The zero-order valence-electron chi connectivity index (χ0n) is 10.6. The van der Waals surface area contributed by atoms with Gasteiger partial charge in [-0.15, -0.1) is 0 Å². The highest BCUT2D eigenvalue weighted by atomic mass is 16.5. The van der Waals surface area contributed by atoms with Gasteiger partial charge in [-0.25, -0.2) is 4.79 Å². The van der Waals surface area contributed by atoms with E-state index in [0.717, 1.165) is 12.0 Å². The Morgan fingerprint density at radius 2 is 2.12 bits per heavy atom. The van der Waals surface area contributed by atoms with Gasteiger partial charge in [0.2, 0.25) is 0 Å². The van der Waals surface area contributed by atoms with Crippen LogP contribution in [0.2, 0.25) is 0 Å². The van der Waals surface area contributed by atoms with Crippen LogP contribution in [0.3, 0.4) is 0 Å². The second kappa shape index (κ2) is 6.28. The van der Waals surface area contributed by atoms with Crippen LogP contribution in [-0.2, 0) is 4.79 Å². The largest absolute Gasteiger partial charge is 0.479 e. The second-order valence-electron chi connectivity index (χ2n) is 4.46. The zero-order chi connectivity index (χ0) is 12.8. The maximum Gasteiger partial charge on any atom is 0.344 e. The summed E-state index contributed by atoms with van der Waals surface area (Å²) in [5.74, 6) is 0.145. The quantitative estimate of drug-likeness (QED) is 0.823. The topological polar surface area (TPSA) is 46.5 Å². The van der Waals surface area contributed by atoms with Gasteiger partial charge in [-0.1, -0.05) is 39.3 Å². The van der Waals surface area contributed by atoms with Crippen molar-refractivity contribution < 1.29 is 14.6 Å². The first-order valence-corrected chi connectivity index (χ1v) is 6.04. The molecule has 1 aromatic carbocycles. The van der Waals surface area contributed by atoms with E-state index in [9.17, 15) is 4.79 Å². The van der Waals surface area contributed by atoms with Gasteiger partial charge < -0.3 is 9.84 Å².